The van der Waals surface area contributed by atoms with Crippen LogP contribution in [0.4, 0.5) is 8.78 Å². The average molecular weight is 228 g/mol. The van der Waals surface area contributed by atoms with Crippen LogP contribution >= 0.6 is 23.2 Å². The van der Waals surface area contributed by atoms with Gasteiger partial charge in [0.05, 0.1) is 5.88 Å². The zero-order valence-electron chi connectivity index (χ0n) is 6.31. The summed E-state index contributed by atoms with van der Waals surface area (Å²) >= 11 is 11.1. The van der Waals surface area contributed by atoms with Crippen LogP contribution in [-0.2, 0) is 5.88 Å². The monoisotopic (exact) mass is 227 g/mol. The van der Waals surface area contributed by atoms with E-state index in [0.717, 1.165) is 0 Å². The molecule has 1 aromatic rings. The molecule has 0 aliphatic rings. The summed E-state index contributed by atoms with van der Waals surface area (Å²) in [4.78, 5) is 3.56. The maximum Gasteiger partial charge on any atom is 0.388 e. The van der Waals surface area contributed by atoms with Crippen molar-refractivity contribution >= 4 is 23.2 Å². The highest BCUT2D eigenvalue weighted by Gasteiger charge is 2.07. The smallest absolute Gasteiger partial charge is 0.388 e. The van der Waals surface area contributed by atoms with E-state index in [9.17, 15) is 8.78 Å². The normalized spacial score (nSPS) is 10.5. The number of ether oxygens (including phenoxy) is 1. The minimum Gasteiger partial charge on any atom is -0.417 e. The van der Waals surface area contributed by atoms with Crippen molar-refractivity contribution in [2.75, 3.05) is 0 Å². The lowest BCUT2D eigenvalue weighted by Gasteiger charge is -2.04. The first kappa shape index (κ1) is 10.5. The molecular weight excluding hydrogens is 223 g/mol. The van der Waals surface area contributed by atoms with Crippen molar-refractivity contribution in [3.63, 3.8) is 0 Å². The van der Waals surface area contributed by atoms with E-state index < -0.39 is 6.61 Å². The molecule has 0 unspecified atom stereocenters. The summed E-state index contributed by atoms with van der Waals surface area (Å²) in [5.74, 6) is -0.0327. The lowest BCUT2D eigenvalue weighted by Crippen LogP contribution is -2.03. The van der Waals surface area contributed by atoms with Gasteiger partial charge < -0.3 is 4.74 Å². The van der Waals surface area contributed by atoms with Crippen LogP contribution in [0.1, 0.15) is 5.56 Å². The molecule has 0 fully saturated rings. The molecule has 72 valence electrons. The first-order valence-electron chi connectivity index (χ1n) is 3.29. The second-order valence-electron chi connectivity index (χ2n) is 2.11. The van der Waals surface area contributed by atoms with Crippen molar-refractivity contribution < 1.29 is 13.5 Å². The number of pyridine rings is 1. The number of hydrogen-bond acceptors (Lipinski definition) is 2. The number of rotatable bonds is 3. The molecule has 1 heterocycles. The molecule has 0 bridgehead atoms. The first-order chi connectivity index (χ1) is 6.13. The molecule has 0 spiro atoms. The van der Waals surface area contributed by atoms with Crippen LogP contribution < -0.4 is 4.74 Å². The van der Waals surface area contributed by atoms with Crippen LogP contribution in [0, 0.1) is 0 Å². The number of hydrogen-bond donors (Lipinski definition) is 0. The third-order valence-electron chi connectivity index (χ3n) is 1.25. The van der Waals surface area contributed by atoms with Crippen LogP contribution in [-0.4, -0.2) is 11.6 Å². The fourth-order valence-electron chi connectivity index (χ4n) is 0.703. The zero-order valence-corrected chi connectivity index (χ0v) is 7.82. The molecule has 6 heteroatoms. The van der Waals surface area contributed by atoms with E-state index in [1.807, 2.05) is 0 Å². The molecule has 13 heavy (non-hydrogen) atoms. The average Bonchev–Trinajstić information content (AvgIpc) is 2.03. The Balaban J connectivity index is 2.83. The Morgan fingerprint density at radius 3 is 2.62 bits per heavy atom. The Bertz CT molecular complexity index is 296. The van der Waals surface area contributed by atoms with Crippen LogP contribution in [0.15, 0.2) is 12.1 Å². The van der Waals surface area contributed by atoms with E-state index in [4.69, 9.17) is 23.2 Å². The maximum absolute atomic E-state index is 11.7. The highest BCUT2D eigenvalue weighted by Crippen LogP contribution is 2.20. The Hall–Kier alpha value is -0.610. The molecule has 0 radical (unpaired) electrons. The lowest BCUT2D eigenvalue weighted by atomic mass is 10.3. The van der Waals surface area contributed by atoms with Gasteiger partial charge in [0.25, 0.3) is 0 Å². The standard InChI is InChI=1S/C7H5Cl2F2NO/c8-3-4-1-2-5(12-6(4)9)13-7(10)11/h1-2,7H,3H2. The third kappa shape index (κ3) is 2.97. The molecule has 0 amide bonds. The van der Waals surface area contributed by atoms with Gasteiger partial charge in [-0.15, -0.1) is 11.6 Å². The van der Waals surface area contributed by atoms with Gasteiger partial charge in [-0.25, -0.2) is 4.98 Å². The Morgan fingerprint density at radius 1 is 1.46 bits per heavy atom. The van der Waals surface area contributed by atoms with Crippen molar-refractivity contribution in [3.8, 4) is 5.88 Å². The van der Waals surface area contributed by atoms with Crippen LogP contribution in [0.25, 0.3) is 0 Å². The molecule has 0 saturated heterocycles. The van der Waals surface area contributed by atoms with E-state index >= 15 is 0 Å². The van der Waals surface area contributed by atoms with Crippen molar-refractivity contribution in [3.05, 3.63) is 22.8 Å². The summed E-state index contributed by atoms with van der Waals surface area (Å²) < 4.78 is 27.4. The van der Waals surface area contributed by atoms with Gasteiger partial charge in [-0.1, -0.05) is 11.6 Å². The summed E-state index contributed by atoms with van der Waals surface area (Å²) in [5.41, 5.74) is 0.574. The van der Waals surface area contributed by atoms with Crippen molar-refractivity contribution in [2.45, 2.75) is 12.5 Å². The van der Waals surface area contributed by atoms with Crippen molar-refractivity contribution in [1.82, 2.24) is 4.98 Å². The highest BCUT2D eigenvalue weighted by atomic mass is 35.5. The summed E-state index contributed by atoms with van der Waals surface area (Å²) in [6, 6.07) is 2.77. The van der Waals surface area contributed by atoms with Gasteiger partial charge >= 0.3 is 6.61 Å². The van der Waals surface area contributed by atoms with Gasteiger partial charge in [-0.3, -0.25) is 0 Å². The SMILES string of the molecule is FC(F)Oc1ccc(CCl)c(Cl)n1. The Labute approximate surface area is 83.4 Å². The van der Waals surface area contributed by atoms with Gasteiger partial charge in [0.1, 0.15) is 5.15 Å². The molecular formula is C7H5Cl2F2NO. The number of aromatic nitrogens is 1. The van der Waals surface area contributed by atoms with Crippen molar-refractivity contribution in [1.29, 1.82) is 0 Å². The van der Waals surface area contributed by atoms with Gasteiger partial charge in [-0.05, 0) is 6.07 Å². The molecule has 0 aliphatic carbocycles. The van der Waals surface area contributed by atoms with Crippen LogP contribution in [0.2, 0.25) is 5.15 Å². The predicted molar refractivity (Wildman–Crippen MR) is 45.4 cm³/mol. The van der Waals surface area contributed by atoms with Crippen LogP contribution in [0.5, 0.6) is 5.88 Å². The molecule has 0 N–H and O–H groups in total. The molecule has 0 aromatic carbocycles. The second-order valence-corrected chi connectivity index (χ2v) is 2.74. The summed E-state index contributed by atoms with van der Waals surface area (Å²) in [6.07, 6.45) is 0. The van der Waals surface area contributed by atoms with Crippen molar-refractivity contribution in [2.24, 2.45) is 0 Å². The topological polar surface area (TPSA) is 22.1 Å². The minimum absolute atomic E-state index is 0.0770. The zero-order chi connectivity index (χ0) is 9.84. The Morgan fingerprint density at radius 2 is 2.15 bits per heavy atom. The number of halogens is 4. The van der Waals surface area contributed by atoms with E-state index in [0.29, 0.717) is 5.56 Å². The Kier molecular flexibility index (Phi) is 3.69. The van der Waals surface area contributed by atoms with E-state index in [-0.39, 0.29) is 16.9 Å². The predicted octanol–water partition coefficient (Wildman–Crippen LogP) is 3.08. The molecule has 0 aliphatic heterocycles. The quantitative estimate of drug-likeness (QED) is 0.585. The number of alkyl halides is 3. The van der Waals surface area contributed by atoms with Crippen LogP contribution in [0.3, 0.4) is 0 Å². The fourth-order valence-corrected chi connectivity index (χ4v) is 1.20. The summed E-state index contributed by atoms with van der Waals surface area (Å²) in [5, 5.41) is 0.0770. The first-order valence-corrected chi connectivity index (χ1v) is 4.21. The maximum atomic E-state index is 11.7. The van der Waals surface area contributed by atoms with Gasteiger partial charge in [-0.2, -0.15) is 8.78 Å². The fraction of sp³-hybridized carbons (Fsp3) is 0.286. The molecule has 1 aromatic heterocycles. The lowest BCUT2D eigenvalue weighted by molar-refractivity contribution is -0.0528. The highest BCUT2D eigenvalue weighted by molar-refractivity contribution is 6.31. The molecule has 0 saturated carbocycles. The largest absolute Gasteiger partial charge is 0.417 e. The molecule has 0 atom stereocenters. The van der Waals surface area contributed by atoms with Gasteiger partial charge in [0, 0.05) is 11.6 Å². The molecule has 1 rings (SSSR count). The minimum atomic E-state index is -2.90. The number of nitrogens with zero attached hydrogens (tertiary/aromatic N) is 1. The van der Waals surface area contributed by atoms with E-state index in [1.54, 1.807) is 0 Å². The van der Waals surface area contributed by atoms with E-state index in [1.165, 1.54) is 12.1 Å². The molecule has 2 nitrogen and oxygen atoms in total. The second kappa shape index (κ2) is 4.58. The summed E-state index contributed by atoms with van der Waals surface area (Å²) in [7, 11) is 0. The van der Waals surface area contributed by atoms with Gasteiger partial charge in [0.15, 0.2) is 0 Å². The summed E-state index contributed by atoms with van der Waals surface area (Å²) in [6.45, 7) is -2.90. The van der Waals surface area contributed by atoms with E-state index in [2.05, 4.69) is 9.72 Å². The van der Waals surface area contributed by atoms with Gasteiger partial charge in [0.2, 0.25) is 5.88 Å². The third-order valence-corrected chi connectivity index (χ3v) is 1.87.